The zero-order chi connectivity index (χ0) is 15.7. The maximum atomic E-state index is 6.38. The predicted octanol–water partition coefficient (Wildman–Crippen LogP) is 5.53. The summed E-state index contributed by atoms with van der Waals surface area (Å²) in [5, 5.41) is 0.650. The molecule has 0 saturated heterocycles. The summed E-state index contributed by atoms with van der Waals surface area (Å²) in [5.74, 6) is 1.85. The van der Waals surface area contributed by atoms with E-state index in [9.17, 15) is 0 Å². The van der Waals surface area contributed by atoms with E-state index in [1.807, 2.05) is 6.07 Å². The second-order valence-corrected chi connectivity index (χ2v) is 11.7. The van der Waals surface area contributed by atoms with Crippen LogP contribution in [-0.4, -0.2) is 15.4 Å². The normalized spacial score (nSPS) is 22.7. The topological polar surface area (TPSA) is 18.5 Å². The molecule has 0 saturated carbocycles. The van der Waals surface area contributed by atoms with E-state index in [4.69, 9.17) is 20.8 Å². The first-order valence-electron chi connectivity index (χ1n) is 7.50. The first-order chi connectivity index (χ1) is 9.76. The molecule has 1 aromatic rings. The fourth-order valence-electron chi connectivity index (χ4n) is 2.81. The van der Waals surface area contributed by atoms with Gasteiger partial charge in [-0.15, -0.1) is 0 Å². The Balaban J connectivity index is 2.42. The van der Waals surface area contributed by atoms with Crippen LogP contribution in [0.15, 0.2) is 30.0 Å². The van der Waals surface area contributed by atoms with Crippen LogP contribution in [0, 0.1) is 0 Å². The van der Waals surface area contributed by atoms with Gasteiger partial charge in [0, 0.05) is 5.41 Å². The molecule has 21 heavy (non-hydrogen) atoms. The minimum atomic E-state index is -1.62. The molecule has 0 radical (unpaired) electrons. The molecule has 0 N–H and O–H groups in total. The summed E-state index contributed by atoms with van der Waals surface area (Å²) in [4.78, 5) is 0. The number of ether oxygens (including phenoxy) is 1. The average molecular weight is 325 g/mol. The molecule has 0 amide bonds. The fourth-order valence-corrected chi connectivity index (χ4v) is 3.97. The molecule has 0 spiro atoms. The summed E-state index contributed by atoms with van der Waals surface area (Å²) >= 11 is 6.16. The van der Waals surface area contributed by atoms with Gasteiger partial charge in [0.2, 0.25) is 8.32 Å². The highest BCUT2D eigenvalue weighted by molar-refractivity contribution is 6.70. The second kappa shape index (κ2) is 6.05. The van der Waals surface area contributed by atoms with E-state index in [1.165, 1.54) is 12.0 Å². The van der Waals surface area contributed by atoms with Gasteiger partial charge in [0.15, 0.2) is 0 Å². The molecule has 1 unspecified atom stereocenters. The van der Waals surface area contributed by atoms with Gasteiger partial charge in [-0.1, -0.05) is 17.7 Å². The van der Waals surface area contributed by atoms with Crippen molar-refractivity contribution in [3.05, 3.63) is 40.6 Å². The van der Waals surface area contributed by atoms with Gasteiger partial charge in [-0.3, -0.25) is 0 Å². The van der Waals surface area contributed by atoms with Crippen LogP contribution in [0.2, 0.25) is 24.7 Å². The van der Waals surface area contributed by atoms with Crippen molar-refractivity contribution < 1.29 is 9.16 Å². The molecule has 116 valence electrons. The van der Waals surface area contributed by atoms with Crippen molar-refractivity contribution in [3.8, 4) is 5.75 Å². The van der Waals surface area contributed by atoms with Crippen molar-refractivity contribution in [3.63, 3.8) is 0 Å². The highest BCUT2D eigenvalue weighted by Gasteiger charge is 2.37. The van der Waals surface area contributed by atoms with Crippen LogP contribution in [0.4, 0.5) is 0 Å². The smallest absolute Gasteiger partial charge is 0.241 e. The molecular formula is C17H25ClO2Si. The third kappa shape index (κ3) is 3.64. The fraction of sp³-hybridized carbons (Fsp3) is 0.529. The van der Waals surface area contributed by atoms with E-state index in [2.05, 4.69) is 44.8 Å². The van der Waals surface area contributed by atoms with Crippen molar-refractivity contribution >= 4 is 19.9 Å². The van der Waals surface area contributed by atoms with Crippen LogP contribution in [-0.2, 0) is 9.84 Å². The molecular weight excluding hydrogens is 300 g/mol. The standard InChI is InChI=1S/C17H25ClO2Si/c1-17(13-9-10-14(18)15(12-13)19-2)11-7-6-8-16(17)20-21(3,4)5/h8-10,12H,6-7,11H2,1-5H3. The Morgan fingerprint density at radius 2 is 1.95 bits per heavy atom. The zero-order valence-corrected chi connectivity index (χ0v) is 15.4. The van der Waals surface area contributed by atoms with Crippen LogP contribution in [0.5, 0.6) is 5.75 Å². The maximum absolute atomic E-state index is 6.38. The van der Waals surface area contributed by atoms with Crippen molar-refractivity contribution in [1.29, 1.82) is 0 Å². The van der Waals surface area contributed by atoms with Crippen LogP contribution in [0.25, 0.3) is 0 Å². The van der Waals surface area contributed by atoms with Gasteiger partial charge in [-0.05, 0) is 69.6 Å². The Hall–Kier alpha value is -0.933. The van der Waals surface area contributed by atoms with Crippen LogP contribution < -0.4 is 4.74 Å². The van der Waals surface area contributed by atoms with Crippen LogP contribution in [0.3, 0.4) is 0 Å². The number of hydrogen-bond acceptors (Lipinski definition) is 2. The predicted molar refractivity (Wildman–Crippen MR) is 91.7 cm³/mol. The third-order valence-corrected chi connectivity index (χ3v) is 5.10. The number of allylic oxidation sites excluding steroid dienone is 2. The summed E-state index contributed by atoms with van der Waals surface area (Å²) < 4.78 is 11.8. The molecule has 1 atom stereocenters. The molecule has 0 bridgehead atoms. The van der Waals surface area contributed by atoms with E-state index in [0.717, 1.165) is 24.4 Å². The zero-order valence-electron chi connectivity index (χ0n) is 13.6. The summed E-state index contributed by atoms with van der Waals surface area (Å²) in [6.45, 7) is 8.95. The lowest BCUT2D eigenvalue weighted by molar-refractivity contribution is 0.286. The largest absolute Gasteiger partial charge is 0.547 e. The van der Waals surface area contributed by atoms with E-state index < -0.39 is 8.32 Å². The summed E-state index contributed by atoms with van der Waals surface area (Å²) in [7, 11) is 0.0315. The lowest BCUT2D eigenvalue weighted by atomic mass is 9.73. The van der Waals surface area contributed by atoms with Crippen LogP contribution >= 0.6 is 11.6 Å². The monoisotopic (exact) mass is 324 g/mol. The lowest BCUT2D eigenvalue weighted by Crippen LogP contribution is -2.35. The first-order valence-corrected chi connectivity index (χ1v) is 11.3. The lowest BCUT2D eigenvalue weighted by Gasteiger charge is -2.39. The van der Waals surface area contributed by atoms with Gasteiger partial charge >= 0.3 is 0 Å². The summed E-state index contributed by atoms with van der Waals surface area (Å²) in [5.41, 5.74) is 1.13. The maximum Gasteiger partial charge on any atom is 0.241 e. The van der Waals surface area contributed by atoms with E-state index in [1.54, 1.807) is 7.11 Å². The third-order valence-electron chi connectivity index (χ3n) is 3.96. The Kier molecular flexibility index (Phi) is 4.74. The van der Waals surface area contributed by atoms with Gasteiger partial charge in [0.25, 0.3) is 0 Å². The summed E-state index contributed by atoms with van der Waals surface area (Å²) in [6.07, 6.45) is 5.64. The average Bonchev–Trinajstić information content (AvgIpc) is 2.40. The van der Waals surface area contributed by atoms with Gasteiger partial charge in [-0.25, -0.2) is 0 Å². The number of rotatable bonds is 4. The SMILES string of the molecule is COc1cc(C2(C)CCCC=C2O[Si](C)(C)C)ccc1Cl. The summed E-state index contributed by atoms with van der Waals surface area (Å²) in [6, 6.07) is 6.06. The number of methoxy groups -OCH3 is 1. The molecule has 0 fully saturated rings. The van der Waals surface area contributed by atoms with E-state index >= 15 is 0 Å². The van der Waals surface area contributed by atoms with Gasteiger partial charge in [-0.2, -0.15) is 0 Å². The molecule has 0 aliphatic heterocycles. The number of hydrogen-bond donors (Lipinski definition) is 0. The Morgan fingerprint density at radius 1 is 1.24 bits per heavy atom. The minimum Gasteiger partial charge on any atom is -0.547 e. The number of benzene rings is 1. The Bertz CT molecular complexity index is 548. The molecule has 1 aliphatic rings. The van der Waals surface area contributed by atoms with Gasteiger partial charge in [0.05, 0.1) is 17.9 Å². The Morgan fingerprint density at radius 3 is 2.57 bits per heavy atom. The highest BCUT2D eigenvalue weighted by atomic mass is 35.5. The second-order valence-electron chi connectivity index (χ2n) is 6.86. The van der Waals surface area contributed by atoms with Crippen molar-refractivity contribution in [2.75, 3.05) is 7.11 Å². The minimum absolute atomic E-state index is 0.0869. The Labute approximate surface area is 134 Å². The van der Waals surface area contributed by atoms with Gasteiger partial charge in [0.1, 0.15) is 5.75 Å². The molecule has 2 nitrogen and oxygen atoms in total. The molecule has 0 heterocycles. The highest BCUT2D eigenvalue weighted by Crippen LogP contribution is 2.43. The molecule has 0 aromatic heterocycles. The van der Waals surface area contributed by atoms with Gasteiger partial charge < -0.3 is 9.16 Å². The quantitative estimate of drug-likeness (QED) is 0.678. The number of halogens is 1. The molecule has 2 rings (SSSR count). The molecule has 4 heteroatoms. The van der Waals surface area contributed by atoms with Crippen LogP contribution in [0.1, 0.15) is 31.7 Å². The van der Waals surface area contributed by atoms with E-state index in [-0.39, 0.29) is 5.41 Å². The van der Waals surface area contributed by atoms with Crippen molar-refractivity contribution in [2.24, 2.45) is 0 Å². The molecule has 1 aromatic carbocycles. The van der Waals surface area contributed by atoms with E-state index in [0.29, 0.717) is 5.02 Å². The van der Waals surface area contributed by atoms with Crippen molar-refractivity contribution in [2.45, 2.75) is 51.2 Å². The first kappa shape index (κ1) is 16.4. The van der Waals surface area contributed by atoms with Crippen molar-refractivity contribution in [1.82, 2.24) is 0 Å². The molecule has 1 aliphatic carbocycles.